The Hall–Kier alpha value is -0.820. The van der Waals surface area contributed by atoms with Crippen LogP contribution < -0.4 is 5.11 Å². The minimum absolute atomic E-state index is 0.0680. The Morgan fingerprint density at radius 3 is 2.70 bits per heavy atom. The molecule has 0 amide bonds. The Balaban J connectivity index is 2.70. The lowest BCUT2D eigenvalue weighted by molar-refractivity contribution is -0.260. The number of rotatable bonds is 3. The molecule has 0 aromatic carbocycles. The van der Waals surface area contributed by atoms with Crippen molar-refractivity contribution in [2.45, 2.75) is 51.1 Å². The van der Waals surface area contributed by atoms with Gasteiger partial charge in [0.05, 0.1) is 6.54 Å². The van der Waals surface area contributed by atoms with Crippen LogP contribution in [0.25, 0.3) is 0 Å². The van der Waals surface area contributed by atoms with E-state index in [1.165, 1.54) is 0 Å². The van der Waals surface area contributed by atoms with Gasteiger partial charge in [-0.1, -0.05) is 33.0 Å². The smallest absolute Gasteiger partial charge is 0.152 e. The number of aliphatic imine (C=N–C) groups is 1. The lowest BCUT2D eigenvalue weighted by Crippen LogP contribution is -2.49. The van der Waals surface area contributed by atoms with Gasteiger partial charge in [0.25, 0.3) is 0 Å². The van der Waals surface area contributed by atoms with Gasteiger partial charge in [0.1, 0.15) is 16.4 Å². The molecule has 5 nitrogen and oxygen atoms in total. The predicted octanol–water partition coefficient (Wildman–Crippen LogP) is 1.20. The second kappa shape index (κ2) is 6.30. The number of hydrogen-bond acceptors (Lipinski definition) is 6. The van der Waals surface area contributed by atoms with Crippen LogP contribution in [0, 0.1) is 0 Å². The first-order valence-corrected chi connectivity index (χ1v) is 7.82. The van der Waals surface area contributed by atoms with Crippen molar-refractivity contribution in [3.63, 3.8) is 0 Å². The molecule has 0 N–H and O–H groups in total. The van der Waals surface area contributed by atoms with E-state index in [-0.39, 0.29) is 17.5 Å². The molecule has 0 saturated carbocycles. The van der Waals surface area contributed by atoms with Crippen LogP contribution in [0.5, 0.6) is 0 Å². The van der Waals surface area contributed by atoms with E-state index in [1.54, 1.807) is 32.5 Å². The zero-order chi connectivity index (χ0) is 15.6. The molecule has 1 rings (SSSR count). The molecule has 7 heteroatoms. The third kappa shape index (κ3) is 4.63. The Labute approximate surface area is 129 Å². The van der Waals surface area contributed by atoms with Crippen LogP contribution in [0.1, 0.15) is 34.6 Å². The second-order valence-corrected chi connectivity index (χ2v) is 7.79. The fourth-order valence-electron chi connectivity index (χ4n) is 1.86. The average molecular weight is 317 g/mol. The highest BCUT2D eigenvalue weighted by molar-refractivity contribution is 8.00. The topological polar surface area (TPSA) is 65.0 Å². The Morgan fingerprint density at radius 2 is 2.20 bits per heavy atom. The van der Waals surface area contributed by atoms with Gasteiger partial charge in [-0.15, -0.1) is 11.8 Å². The number of ether oxygens (including phenoxy) is 1. The highest BCUT2D eigenvalue weighted by Gasteiger charge is 2.41. The lowest BCUT2D eigenvalue weighted by Gasteiger charge is -2.35. The van der Waals surface area contributed by atoms with E-state index in [4.69, 9.17) is 17.0 Å². The Kier molecular flexibility index (Phi) is 5.43. The normalized spacial score (nSPS) is 22.8. The zero-order valence-electron chi connectivity index (χ0n) is 12.5. The average Bonchev–Trinajstić information content (AvgIpc) is 2.59. The highest BCUT2D eigenvalue weighted by atomic mass is 32.2. The van der Waals surface area contributed by atoms with Crippen molar-refractivity contribution in [2.24, 2.45) is 4.99 Å². The third-order valence-corrected chi connectivity index (χ3v) is 4.50. The molecule has 0 radical (unpaired) electrons. The number of thioether (sulfide) groups is 1. The van der Waals surface area contributed by atoms with Gasteiger partial charge in [-0.25, -0.2) is 0 Å². The first-order valence-electron chi connectivity index (χ1n) is 6.36. The van der Waals surface area contributed by atoms with Gasteiger partial charge < -0.3 is 19.5 Å². The standard InChI is InChI=1S/C13H22N2O3S2/c1-12(2,3)18-11(17)14-6-9(19)15-10(7-16)20-8-13(15,4)5/h7,10H,6,8H2,1-5H3,(H,14,17)/p-1/t10-/m1/s1. The molecule has 0 aliphatic carbocycles. The summed E-state index contributed by atoms with van der Waals surface area (Å²) in [7, 11) is 0. The summed E-state index contributed by atoms with van der Waals surface area (Å²) in [6.45, 7) is 9.44. The molecule has 0 unspecified atom stereocenters. The molecule has 1 heterocycles. The van der Waals surface area contributed by atoms with Crippen molar-refractivity contribution in [1.29, 1.82) is 0 Å². The van der Waals surface area contributed by atoms with Crippen LogP contribution in [0.15, 0.2) is 4.99 Å². The number of nitrogens with zero attached hydrogens (tertiary/aromatic N) is 2. The highest BCUT2D eigenvalue weighted by Crippen LogP contribution is 2.35. The largest absolute Gasteiger partial charge is 0.595 e. The van der Waals surface area contributed by atoms with E-state index in [1.807, 2.05) is 18.7 Å². The maximum absolute atomic E-state index is 11.5. The SMILES string of the molecule is CC(C)(C)OC([O-])=NCC(=S)N1[C@@H](C=O)SCC1(C)C. The van der Waals surface area contributed by atoms with Crippen LogP contribution in [-0.2, 0) is 9.53 Å². The molecule has 1 saturated heterocycles. The fraction of sp³-hybridized carbons (Fsp3) is 0.769. The molecule has 0 bridgehead atoms. The van der Waals surface area contributed by atoms with E-state index in [0.717, 1.165) is 12.0 Å². The minimum atomic E-state index is -0.632. The van der Waals surface area contributed by atoms with Crippen molar-refractivity contribution in [2.75, 3.05) is 12.3 Å². The van der Waals surface area contributed by atoms with Crippen molar-refractivity contribution < 1.29 is 14.6 Å². The summed E-state index contributed by atoms with van der Waals surface area (Å²) >= 11 is 6.86. The van der Waals surface area contributed by atoms with E-state index in [0.29, 0.717) is 4.99 Å². The maximum Gasteiger partial charge on any atom is 0.152 e. The molecule has 1 aliphatic rings. The van der Waals surface area contributed by atoms with Gasteiger partial charge in [0.2, 0.25) is 0 Å². The van der Waals surface area contributed by atoms with Gasteiger partial charge in [0, 0.05) is 16.9 Å². The van der Waals surface area contributed by atoms with Crippen LogP contribution in [0.3, 0.4) is 0 Å². The molecule has 0 spiro atoms. The number of aldehydes is 1. The summed E-state index contributed by atoms with van der Waals surface area (Å²) in [6, 6.07) is 0. The lowest BCUT2D eigenvalue weighted by atomic mass is 10.1. The molecular weight excluding hydrogens is 296 g/mol. The summed E-state index contributed by atoms with van der Waals surface area (Å²) in [5, 5.41) is 11.2. The van der Waals surface area contributed by atoms with Gasteiger partial charge >= 0.3 is 0 Å². The Bertz CT molecular complexity index is 416. The second-order valence-electron chi connectivity index (χ2n) is 6.21. The first-order chi connectivity index (χ1) is 9.07. The van der Waals surface area contributed by atoms with E-state index >= 15 is 0 Å². The molecule has 20 heavy (non-hydrogen) atoms. The molecule has 0 aromatic heterocycles. The summed E-state index contributed by atoms with van der Waals surface area (Å²) in [6.07, 6.45) is 0.242. The third-order valence-electron chi connectivity index (χ3n) is 2.64. The van der Waals surface area contributed by atoms with Crippen molar-refractivity contribution >= 4 is 41.3 Å². The quantitative estimate of drug-likeness (QED) is 0.337. The summed E-state index contributed by atoms with van der Waals surface area (Å²) in [4.78, 5) is 17.3. The number of hydrogen-bond donors (Lipinski definition) is 0. The van der Waals surface area contributed by atoms with Crippen molar-refractivity contribution in [3.8, 4) is 0 Å². The maximum atomic E-state index is 11.5. The fourth-order valence-corrected chi connectivity index (χ4v) is 3.71. The first kappa shape index (κ1) is 17.2. The number of carbonyl (C=O) groups is 1. The molecule has 1 aliphatic heterocycles. The minimum Gasteiger partial charge on any atom is -0.595 e. The van der Waals surface area contributed by atoms with Gasteiger partial charge in [-0.05, 0) is 13.8 Å². The summed E-state index contributed by atoms with van der Waals surface area (Å²) in [5.41, 5.74) is -0.785. The predicted molar refractivity (Wildman–Crippen MR) is 84.0 cm³/mol. The molecule has 114 valence electrons. The van der Waals surface area contributed by atoms with E-state index in [2.05, 4.69) is 4.99 Å². The molecular formula is C13H21N2O3S2-. The Morgan fingerprint density at radius 1 is 1.60 bits per heavy atom. The number of carbonyl (C=O) groups excluding carboxylic acids is 1. The van der Waals surface area contributed by atoms with Crippen molar-refractivity contribution in [1.82, 2.24) is 4.90 Å². The van der Waals surface area contributed by atoms with Crippen LogP contribution in [0.4, 0.5) is 0 Å². The molecule has 0 aromatic rings. The van der Waals surface area contributed by atoms with E-state index < -0.39 is 11.7 Å². The summed E-state index contributed by atoms with van der Waals surface area (Å²) < 4.78 is 5.10. The summed E-state index contributed by atoms with van der Waals surface area (Å²) in [5.74, 6) is 0.809. The van der Waals surface area contributed by atoms with Crippen molar-refractivity contribution in [3.05, 3.63) is 0 Å². The van der Waals surface area contributed by atoms with Crippen LogP contribution in [0.2, 0.25) is 0 Å². The molecule has 1 fully saturated rings. The number of thiocarbonyl (C=S) groups is 1. The van der Waals surface area contributed by atoms with Gasteiger partial charge in [-0.2, -0.15) is 0 Å². The van der Waals surface area contributed by atoms with E-state index in [9.17, 15) is 9.90 Å². The zero-order valence-corrected chi connectivity index (χ0v) is 14.1. The van der Waals surface area contributed by atoms with Crippen LogP contribution >= 0.6 is 24.0 Å². The van der Waals surface area contributed by atoms with Crippen LogP contribution in [-0.4, -0.2) is 51.1 Å². The van der Waals surface area contributed by atoms with Gasteiger partial charge in [-0.3, -0.25) is 4.99 Å². The van der Waals surface area contributed by atoms with Gasteiger partial charge in [0.15, 0.2) is 6.29 Å². The molecule has 1 atom stereocenters. The monoisotopic (exact) mass is 317 g/mol.